The number of amides is 2. The molecule has 2 rings (SSSR count). The van der Waals surface area contributed by atoms with Crippen LogP contribution in [-0.4, -0.2) is 36.3 Å². The second-order valence-corrected chi connectivity index (χ2v) is 6.33. The van der Waals surface area contributed by atoms with E-state index in [2.05, 4.69) is 6.07 Å². The van der Waals surface area contributed by atoms with Crippen LogP contribution in [0.5, 0.6) is 0 Å². The van der Waals surface area contributed by atoms with Crippen molar-refractivity contribution in [3.63, 3.8) is 0 Å². The number of anilines is 1. The van der Waals surface area contributed by atoms with Gasteiger partial charge in [-0.15, -0.1) is 0 Å². The molecule has 1 aromatic carbocycles. The van der Waals surface area contributed by atoms with E-state index < -0.39 is 0 Å². The van der Waals surface area contributed by atoms with Crippen molar-refractivity contribution in [3.05, 3.63) is 29.8 Å². The summed E-state index contributed by atoms with van der Waals surface area (Å²) in [7, 11) is 0. The number of benzene rings is 1. The molecule has 0 N–H and O–H groups in total. The van der Waals surface area contributed by atoms with Gasteiger partial charge >= 0.3 is 0 Å². The number of hydrogen-bond donors (Lipinski definition) is 0. The van der Waals surface area contributed by atoms with Crippen LogP contribution in [0.3, 0.4) is 0 Å². The molecule has 0 spiro atoms. The number of nitrogens with zero attached hydrogens (tertiary/aromatic N) is 2. The Kier molecular flexibility index (Phi) is 6.20. The van der Waals surface area contributed by atoms with Gasteiger partial charge in [-0.3, -0.25) is 9.59 Å². The number of carbonyl (C=O) groups is 2. The summed E-state index contributed by atoms with van der Waals surface area (Å²) in [5.41, 5.74) is 2.13. The van der Waals surface area contributed by atoms with E-state index in [0.717, 1.165) is 30.5 Å². The Morgan fingerprint density at radius 2 is 1.91 bits per heavy atom. The van der Waals surface area contributed by atoms with Gasteiger partial charge in [0.25, 0.3) is 0 Å². The molecule has 1 aliphatic heterocycles. The molecule has 0 atom stereocenters. The highest BCUT2D eigenvalue weighted by atomic mass is 16.2. The summed E-state index contributed by atoms with van der Waals surface area (Å²) in [5.74, 6) is 0.450. The van der Waals surface area contributed by atoms with Crippen molar-refractivity contribution in [1.29, 1.82) is 0 Å². The molecule has 0 bridgehead atoms. The minimum Gasteiger partial charge on any atom is -0.343 e. The van der Waals surface area contributed by atoms with Crippen LogP contribution in [0.4, 0.5) is 5.69 Å². The monoisotopic (exact) mass is 316 g/mol. The lowest BCUT2D eigenvalue weighted by Crippen LogP contribution is -2.44. The molecule has 1 fully saturated rings. The van der Waals surface area contributed by atoms with Gasteiger partial charge in [-0.2, -0.15) is 0 Å². The van der Waals surface area contributed by atoms with Crippen LogP contribution in [0, 0.1) is 12.8 Å². The summed E-state index contributed by atoms with van der Waals surface area (Å²) in [6.45, 7) is 8.17. The zero-order chi connectivity index (χ0) is 16.8. The third kappa shape index (κ3) is 4.34. The number of aryl methyl sites for hydroxylation is 1. The van der Waals surface area contributed by atoms with Gasteiger partial charge < -0.3 is 9.80 Å². The summed E-state index contributed by atoms with van der Waals surface area (Å²) in [6, 6.07) is 8.09. The van der Waals surface area contributed by atoms with E-state index in [-0.39, 0.29) is 17.7 Å². The van der Waals surface area contributed by atoms with Crippen molar-refractivity contribution in [2.24, 2.45) is 5.92 Å². The molecule has 0 aliphatic carbocycles. The van der Waals surface area contributed by atoms with E-state index in [9.17, 15) is 9.59 Å². The molecule has 23 heavy (non-hydrogen) atoms. The van der Waals surface area contributed by atoms with Crippen molar-refractivity contribution < 1.29 is 9.59 Å². The van der Waals surface area contributed by atoms with Crippen molar-refractivity contribution in [2.75, 3.05) is 24.5 Å². The summed E-state index contributed by atoms with van der Waals surface area (Å²) in [6.07, 6.45) is 3.05. The Morgan fingerprint density at radius 3 is 2.48 bits per heavy atom. The highest BCUT2D eigenvalue weighted by Gasteiger charge is 2.30. The zero-order valence-electron chi connectivity index (χ0n) is 14.5. The first-order valence-electron chi connectivity index (χ1n) is 8.72. The smallest absolute Gasteiger partial charge is 0.230 e. The highest BCUT2D eigenvalue weighted by Crippen LogP contribution is 2.24. The lowest BCUT2D eigenvalue weighted by molar-refractivity contribution is -0.135. The molecule has 1 aromatic rings. The molecule has 0 saturated carbocycles. The van der Waals surface area contributed by atoms with Crippen LogP contribution in [0.1, 0.15) is 45.1 Å². The van der Waals surface area contributed by atoms with E-state index in [1.807, 2.05) is 48.8 Å². The van der Waals surface area contributed by atoms with Crippen LogP contribution in [0.25, 0.3) is 0 Å². The molecule has 2 amide bonds. The largest absolute Gasteiger partial charge is 0.343 e. The average Bonchev–Trinajstić information content (AvgIpc) is 2.56. The standard InChI is InChI=1S/C19H28N2O2/c1-4-7-18(22)20-12-10-16(11-13-20)19(23)21(5-2)17-9-6-8-15(3)14-17/h6,8-9,14,16H,4-5,7,10-13H2,1-3H3. The van der Waals surface area contributed by atoms with E-state index in [1.54, 1.807) is 0 Å². The molecule has 4 heteroatoms. The first-order chi connectivity index (χ1) is 11.1. The third-order valence-electron chi connectivity index (χ3n) is 4.56. The maximum absolute atomic E-state index is 12.9. The fourth-order valence-corrected chi connectivity index (χ4v) is 3.23. The summed E-state index contributed by atoms with van der Waals surface area (Å²) >= 11 is 0. The zero-order valence-corrected chi connectivity index (χ0v) is 14.5. The fraction of sp³-hybridized carbons (Fsp3) is 0.579. The predicted molar refractivity (Wildman–Crippen MR) is 93.4 cm³/mol. The van der Waals surface area contributed by atoms with Gasteiger partial charge in [-0.05, 0) is 50.8 Å². The predicted octanol–water partition coefficient (Wildman–Crippen LogP) is 3.39. The lowest BCUT2D eigenvalue weighted by atomic mass is 9.94. The maximum atomic E-state index is 12.9. The molecule has 1 saturated heterocycles. The van der Waals surface area contributed by atoms with E-state index >= 15 is 0 Å². The number of likely N-dealkylation sites (tertiary alicyclic amines) is 1. The van der Waals surface area contributed by atoms with Crippen molar-refractivity contribution in [3.8, 4) is 0 Å². The van der Waals surface area contributed by atoms with Gasteiger partial charge in [0.1, 0.15) is 0 Å². The molecule has 0 radical (unpaired) electrons. The Bertz CT molecular complexity index is 548. The molecule has 1 aliphatic rings. The fourth-order valence-electron chi connectivity index (χ4n) is 3.23. The van der Waals surface area contributed by atoms with Crippen LogP contribution >= 0.6 is 0 Å². The molecule has 4 nitrogen and oxygen atoms in total. The van der Waals surface area contributed by atoms with Crippen LogP contribution in [0.2, 0.25) is 0 Å². The van der Waals surface area contributed by atoms with Crippen molar-refractivity contribution in [1.82, 2.24) is 4.90 Å². The Hall–Kier alpha value is -1.84. The van der Waals surface area contributed by atoms with E-state index in [0.29, 0.717) is 26.1 Å². The lowest BCUT2D eigenvalue weighted by Gasteiger charge is -2.34. The minimum absolute atomic E-state index is 0.0288. The first-order valence-corrected chi connectivity index (χ1v) is 8.72. The van der Waals surface area contributed by atoms with E-state index in [4.69, 9.17) is 0 Å². The highest BCUT2D eigenvalue weighted by molar-refractivity contribution is 5.95. The number of carbonyl (C=O) groups excluding carboxylic acids is 2. The second-order valence-electron chi connectivity index (χ2n) is 6.33. The van der Waals surface area contributed by atoms with Gasteiger partial charge in [-0.25, -0.2) is 0 Å². The van der Waals surface area contributed by atoms with Crippen molar-refractivity contribution in [2.45, 2.75) is 46.5 Å². The molecular formula is C19H28N2O2. The SMILES string of the molecule is CCCC(=O)N1CCC(C(=O)N(CC)c2cccc(C)c2)CC1. The Labute approximate surface area is 139 Å². The second kappa shape index (κ2) is 8.14. The molecule has 126 valence electrons. The van der Waals surface area contributed by atoms with Crippen LogP contribution < -0.4 is 4.90 Å². The van der Waals surface area contributed by atoms with Crippen LogP contribution in [0.15, 0.2) is 24.3 Å². The minimum atomic E-state index is 0.0288. The maximum Gasteiger partial charge on any atom is 0.230 e. The first kappa shape index (κ1) is 17.5. The summed E-state index contributed by atoms with van der Waals surface area (Å²) in [5, 5.41) is 0. The summed E-state index contributed by atoms with van der Waals surface area (Å²) < 4.78 is 0. The van der Waals surface area contributed by atoms with Gasteiger partial charge in [0, 0.05) is 37.7 Å². The average molecular weight is 316 g/mol. The van der Waals surface area contributed by atoms with Crippen molar-refractivity contribution >= 4 is 17.5 Å². The van der Waals surface area contributed by atoms with Gasteiger partial charge in [0.2, 0.25) is 11.8 Å². The molecule has 1 heterocycles. The number of rotatable bonds is 5. The quantitative estimate of drug-likeness (QED) is 0.835. The molecule has 0 aromatic heterocycles. The molecular weight excluding hydrogens is 288 g/mol. The van der Waals surface area contributed by atoms with Gasteiger partial charge in [0.15, 0.2) is 0 Å². The topological polar surface area (TPSA) is 40.6 Å². The Balaban J connectivity index is 1.99. The number of hydrogen-bond acceptors (Lipinski definition) is 2. The summed E-state index contributed by atoms with van der Waals surface area (Å²) in [4.78, 5) is 28.6. The van der Waals surface area contributed by atoms with E-state index in [1.165, 1.54) is 0 Å². The third-order valence-corrected chi connectivity index (χ3v) is 4.56. The van der Waals surface area contributed by atoms with Gasteiger partial charge in [0.05, 0.1) is 0 Å². The molecule has 0 unspecified atom stereocenters. The van der Waals surface area contributed by atoms with Crippen LogP contribution in [-0.2, 0) is 9.59 Å². The Morgan fingerprint density at radius 1 is 1.22 bits per heavy atom. The number of piperidine rings is 1. The normalized spacial score (nSPS) is 15.5. The van der Waals surface area contributed by atoms with Gasteiger partial charge in [-0.1, -0.05) is 19.1 Å².